The Morgan fingerprint density at radius 1 is 1.00 bits per heavy atom. The number of carbonyl (C=O) groups excluding carboxylic acids is 2. The maximum absolute atomic E-state index is 13.0. The first-order valence-electron chi connectivity index (χ1n) is 11.1. The molecule has 0 spiro atoms. The molecule has 0 fully saturated rings. The Hall–Kier alpha value is -3.61. The molecule has 0 aliphatic carbocycles. The summed E-state index contributed by atoms with van der Waals surface area (Å²) in [5.74, 6) is -0.356. The first-order chi connectivity index (χ1) is 16.9. The second kappa shape index (κ2) is 10.8. The van der Waals surface area contributed by atoms with E-state index >= 15 is 0 Å². The minimum atomic E-state index is -0.371. The van der Waals surface area contributed by atoms with E-state index in [1.807, 2.05) is 72.3 Å². The third kappa shape index (κ3) is 5.73. The molecule has 4 aromatic rings. The van der Waals surface area contributed by atoms with E-state index in [1.165, 1.54) is 11.0 Å². The number of aromatic nitrogens is 2. The van der Waals surface area contributed by atoms with Gasteiger partial charge in [0.05, 0.1) is 16.3 Å². The largest absolute Gasteiger partial charge is 0.330 e. The maximum Gasteiger partial charge on any atom is 0.255 e. The van der Waals surface area contributed by atoms with Gasteiger partial charge in [-0.15, -0.1) is 0 Å². The average molecular weight is 507 g/mol. The molecule has 8 heteroatoms. The van der Waals surface area contributed by atoms with Gasteiger partial charge in [0.2, 0.25) is 11.9 Å². The van der Waals surface area contributed by atoms with Crippen molar-refractivity contribution in [2.45, 2.75) is 13.8 Å². The van der Waals surface area contributed by atoms with Gasteiger partial charge in [0.25, 0.3) is 5.91 Å². The van der Waals surface area contributed by atoms with Gasteiger partial charge in [0, 0.05) is 29.0 Å². The minimum absolute atomic E-state index is 0.157. The number of likely N-dealkylation sites (N-methyl/N-ethyl adjacent to an activating group) is 1. The second-order valence-electron chi connectivity index (χ2n) is 8.01. The van der Waals surface area contributed by atoms with Gasteiger partial charge in [0.15, 0.2) is 0 Å². The van der Waals surface area contributed by atoms with Gasteiger partial charge < -0.3 is 4.90 Å². The number of hydrogen-bond acceptors (Lipinski definition) is 3. The van der Waals surface area contributed by atoms with Gasteiger partial charge in [-0.1, -0.05) is 71.2 Å². The van der Waals surface area contributed by atoms with Crippen LogP contribution in [0.4, 0.5) is 5.95 Å². The molecule has 0 radical (unpaired) electrons. The van der Waals surface area contributed by atoms with Crippen LogP contribution in [0.15, 0.2) is 79.0 Å². The number of carbonyl (C=O) groups is 2. The topological polar surface area (TPSA) is 67.2 Å². The summed E-state index contributed by atoms with van der Waals surface area (Å²) in [6.07, 6.45) is 1.88. The summed E-state index contributed by atoms with van der Waals surface area (Å²) in [5.41, 5.74) is 3.92. The Labute approximate surface area is 214 Å². The van der Waals surface area contributed by atoms with Crippen LogP contribution in [0.1, 0.15) is 22.8 Å². The van der Waals surface area contributed by atoms with Crippen LogP contribution in [-0.2, 0) is 4.79 Å². The molecular weight excluding hydrogens is 483 g/mol. The Morgan fingerprint density at radius 2 is 1.71 bits per heavy atom. The molecule has 178 valence electrons. The molecule has 0 aliphatic heterocycles. The number of benzene rings is 3. The highest BCUT2D eigenvalue weighted by Gasteiger charge is 2.21. The molecule has 3 aromatic carbocycles. The van der Waals surface area contributed by atoms with E-state index in [4.69, 9.17) is 23.2 Å². The first-order valence-corrected chi connectivity index (χ1v) is 11.9. The molecule has 0 bridgehead atoms. The summed E-state index contributed by atoms with van der Waals surface area (Å²) in [5, 5.41) is 3.55. The molecule has 1 N–H and O–H groups in total. The smallest absolute Gasteiger partial charge is 0.255 e. The SMILES string of the molecule is CCN(CC(=O)Nc1nc(-c2ccccc2)cn1-c1ccc(C)cc1)C(=O)c1ccc(Cl)cc1Cl. The van der Waals surface area contributed by atoms with E-state index in [0.717, 1.165) is 22.5 Å². The normalized spacial score (nSPS) is 10.7. The Kier molecular flexibility index (Phi) is 7.54. The number of amides is 2. The summed E-state index contributed by atoms with van der Waals surface area (Å²) < 4.78 is 1.83. The minimum Gasteiger partial charge on any atom is -0.330 e. The molecule has 0 saturated heterocycles. The number of anilines is 1. The van der Waals surface area contributed by atoms with Crippen molar-refractivity contribution in [2.24, 2.45) is 0 Å². The fraction of sp³-hybridized carbons (Fsp3) is 0.148. The summed E-state index contributed by atoms with van der Waals surface area (Å²) in [4.78, 5) is 32.1. The Balaban J connectivity index is 1.59. The molecule has 0 aliphatic rings. The molecule has 1 aromatic heterocycles. The maximum atomic E-state index is 13.0. The van der Waals surface area contributed by atoms with Crippen LogP contribution in [-0.4, -0.2) is 39.4 Å². The van der Waals surface area contributed by atoms with E-state index in [9.17, 15) is 9.59 Å². The molecule has 6 nitrogen and oxygen atoms in total. The van der Waals surface area contributed by atoms with Crippen molar-refractivity contribution >= 4 is 41.0 Å². The lowest BCUT2D eigenvalue weighted by atomic mass is 10.2. The van der Waals surface area contributed by atoms with Crippen molar-refractivity contribution in [3.8, 4) is 16.9 Å². The first kappa shape index (κ1) is 24.5. The van der Waals surface area contributed by atoms with Gasteiger partial charge >= 0.3 is 0 Å². The highest BCUT2D eigenvalue weighted by atomic mass is 35.5. The molecule has 0 atom stereocenters. The summed E-state index contributed by atoms with van der Waals surface area (Å²) >= 11 is 12.2. The molecular formula is C27H24Cl2N4O2. The van der Waals surface area contributed by atoms with Gasteiger partial charge in [-0.05, 0) is 44.2 Å². The highest BCUT2D eigenvalue weighted by Crippen LogP contribution is 2.25. The predicted octanol–water partition coefficient (Wildman–Crippen LogP) is 6.26. The lowest BCUT2D eigenvalue weighted by Crippen LogP contribution is -2.38. The van der Waals surface area contributed by atoms with Crippen LogP contribution in [0.5, 0.6) is 0 Å². The van der Waals surface area contributed by atoms with Crippen molar-refractivity contribution < 1.29 is 9.59 Å². The van der Waals surface area contributed by atoms with Crippen molar-refractivity contribution in [3.63, 3.8) is 0 Å². The lowest BCUT2D eigenvalue weighted by Gasteiger charge is -2.21. The standard InChI is InChI=1S/C27H24Cl2N4O2/c1-3-32(26(35)22-14-11-20(28)15-23(22)29)17-25(34)31-27-30-24(19-7-5-4-6-8-19)16-33(27)21-12-9-18(2)10-13-21/h4-16H,3,17H2,1-2H3,(H,30,31,34). The molecule has 2 amide bonds. The number of nitrogens with one attached hydrogen (secondary N) is 1. The van der Waals surface area contributed by atoms with E-state index in [1.54, 1.807) is 19.1 Å². The number of imidazole rings is 1. The zero-order valence-electron chi connectivity index (χ0n) is 19.3. The van der Waals surface area contributed by atoms with Crippen LogP contribution in [0.25, 0.3) is 16.9 Å². The van der Waals surface area contributed by atoms with E-state index < -0.39 is 0 Å². The summed E-state index contributed by atoms with van der Waals surface area (Å²) in [6.45, 7) is 3.98. The molecule has 35 heavy (non-hydrogen) atoms. The van der Waals surface area contributed by atoms with E-state index in [-0.39, 0.29) is 23.4 Å². The summed E-state index contributed by atoms with van der Waals surface area (Å²) in [7, 11) is 0. The lowest BCUT2D eigenvalue weighted by molar-refractivity contribution is -0.116. The average Bonchev–Trinajstić information content (AvgIpc) is 3.26. The van der Waals surface area contributed by atoms with Gasteiger partial charge in [-0.25, -0.2) is 4.98 Å². The zero-order valence-corrected chi connectivity index (χ0v) is 20.8. The Morgan fingerprint density at radius 3 is 2.37 bits per heavy atom. The number of hydrogen-bond donors (Lipinski definition) is 1. The van der Waals surface area contributed by atoms with Crippen LogP contribution in [0.2, 0.25) is 10.0 Å². The van der Waals surface area contributed by atoms with Crippen LogP contribution in [0, 0.1) is 6.92 Å². The third-order valence-electron chi connectivity index (χ3n) is 5.50. The molecule has 1 heterocycles. The van der Waals surface area contributed by atoms with Gasteiger partial charge in [0.1, 0.15) is 6.54 Å². The quantitative estimate of drug-likeness (QED) is 0.321. The number of nitrogens with zero attached hydrogens (tertiary/aromatic N) is 3. The third-order valence-corrected chi connectivity index (χ3v) is 6.05. The molecule has 0 saturated carbocycles. The van der Waals surface area contributed by atoms with Crippen LogP contribution < -0.4 is 5.32 Å². The Bertz CT molecular complexity index is 1350. The summed E-state index contributed by atoms with van der Waals surface area (Å²) in [6, 6.07) is 22.3. The predicted molar refractivity (Wildman–Crippen MR) is 140 cm³/mol. The van der Waals surface area contributed by atoms with Crippen LogP contribution in [0.3, 0.4) is 0 Å². The van der Waals surface area contributed by atoms with Crippen molar-refractivity contribution in [1.29, 1.82) is 0 Å². The van der Waals surface area contributed by atoms with Gasteiger partial charge in [-0.2, -0.15) is 0 Å². The monoisotopic (exact) mass is 506 g/mol. The van der Waals surface area contributed by atoms with Gasteiger partial charge in [-0.3, -0.25) is 19.5 Å². The number of rotatable bonds is 7. The van der Waals surface area contributed by atoms with E-state index in [2.05, 4.69) is 10.3 Å². The highest BCUT2D eigenvalue weighted by molar-refractivity contribution is 6.36. The number of halogens is 2. The fourth-order valence-corrected chi connectivity index (χ4v) is 4.11. The molecule has 0 unspecified atom stereocenters. The van der Waals surface area contributed by atoms with Crippen molar-refractivity contribution in [2.75, 3.05) is 18.4 Å². The fourth-order valence-electron chi connectivity index (χ4n) is 3.62. The zero-order chi connectivity index (χ0) is 24.9. The van der Waals surface area contributed by atoms with Crippen molar-refractivity contribution in [1.82, 2.24) is 14.5 Å². The van der Waals surface area contributed by atoms with E-state index in [0.29, 0.717) is 23.1 Å². The second-order valence-corrected chi connectivity index (χ2v) is 8.86. The molecule has 4 rings (SSSR count). The van der Waals surface area contributed by atoms with Crippen LogP contribution >= 0.6 is 23.2 Å². The van der Waals surface area contributed by atoms with Crippen molar-refractivity contribution in [3.05, 3.63) is 100 Å². The number of aryl methyl sites for hydroxylation is 1.